The van der Waals surface area contributed by atoms with Crippen molar-refractivity contribution in [3.8, 4) is 11.1 Å². The van der Waals surface area contributed by atoms with Crippen molar-refractivity contribution in [1.82, 2.24) is 15.2 Å². The molecule has 2 atom stereocenters. The number of anilines is 1. The van der Waals surface area contributed by atoms with Crippen LogP contribution in [0, 0.1) is 5.92 Å². The molecule has 6 nitrogen and oxygen atoms in total. The first-order chi connectivity index (χ1) is 18.4. The molecule has 0 unspecified atom stereocenters. The molecule has 1 saturated heterocycles. The summed E-state index contributed by atoms with van der Waals surface area (Å²) in [5.74, 6) is -2.14. The second-order valence-electron chi connectivity index (χ2n) is 12.8. The van der Waals surface area contributed by atoms with Crippen LogP contribution < -0.4 is 11.1 Å². The molecule has 2 aliphatic carbocycles. The first kappa shape index (κ1) is 28.0. The number of likely N-dealkylation sites (tertiary alicyclic amines) is 1. The van der Waals surface area contributed by atoms with Crippen molar-refractivity contribution in [3.05, 3.63) is 47.7 Å². The third-order valence-corrected chi connectivity index (χ3v) is 9.77. The topological polar surface area (TPSA) is 91.5 Å². The molecule has 8 heteroatoms. The van der Waals surface area contributed by atoms with Crippen molar-refractivity contribution in [2.45, 2.75) is 101 Å². The van der Waals surface area contributed by atoms with Gasteiger partial charge in [-0.2, -0.15) is 0 Å². The van der Waals surface area contributed by atoms with E-state index in [-0.39, 0.29) is 42.1 Å². The van der Waals surface area contributed by atoms with Crippen molar-refractivity contribution < 1.29 is 18.7 Å². The summed E-state index contributed by atoms with van der Waals surface area (Å²) in [6.07, 6.45) is 5.59. The normalized spacial score (nSPS) is 31.7. The van der Waals surface area contributed by atoms with Crippen LogP contribution >= 0.6 is 0 Å². The highest BCUT2D eigenvalue weighted by Gasteiger charge is 2.46. The third-order valence-electron chi connectivity index (χ3n) is 9.77. The second kappa shape index (κ2) is 10.4. The molecular weight excluding hydrogens is 498 g/mol. The molecule has 2 aromatic rings. The van der Waals surface area contributed by atoms with E-state index in [0.717, 1.165) is 37.1 Å². The van der Waals surface area contributed by atoms with Crippen LogP contribution in [0.15, 0.2) is 36.5 Å². The van der Waals surface area contributed by atoms with E-state index in [9.17, 15) is 18.7 Å². The number of pyridine rings is 1. The highest BCUT2D eigenvalue weighted by molar-refractivity contribution is 5.99. The molecular formula is C31H42F2N4O2. The molecule has 1 amide bonds. The Labute approximate surface area is 230 Å². The molecule has 4 N–H and O–H groups in total. The number of nitrogens with one attached hydrogen (secondary N) is 1. The van der Waals surface area contributed by atoms with E-state index >= 15 is 0 Å². The van der Waals surface area contributed by atoms with Gasteiger partial charge in [-0.05, 0) is 68.6 Å². The molecule has 3 aliphatic rings. The number of nitrogen functional groups attached to an aromatic ring is 1. The number of benzene rings is 1. The maximum atomic E-state index is 13.7. The highest BCUT2D eigenvalue weighted by atomic mass is 19.3. The van der Waals surface area contributed by atoms with Gasteiger partial charge in [0.05, 0.1) is 11.2 Å². The van der Waals surface area contributed by atoms with E-state index in [4.69, 9.17) is 5.73 Å². The molecule has 2 saturated carbocycles. The van der Waals surface area contributed by atoms with Crippen molar-refractivity contribution in [2.75, 3.05) is 18.8 Å². The molecule has 5 rings (SSSR count). The van der Waals surface area contributed by atoms with Crippen LogP contribution in [0.2, 0.25) is 0 Å². The number of alkyl halides is 2. The minimum atomic E-state index is -2.50. The van der Waals surface area contributed by atoms with Crippen LogP contribution in [0.3, 0.4) is 0 Å². The van der Waals surface area contributed by atoms with Gasteiger partial charge in [-0.25, -0.2) is 13.8 Å². The van der Waals surface area contributed by atoms with Gasteiger partial charge in [0.25, 0.3) is 5.91 Å². The standard InChI is InChI=1S/C31H42F2N4O2/c1-20-18-37(25-10-14-31(32,33)15-11-25)19-30(20,3)23-6-4-21(5-7-23)22-16-26(27(34)35-17-22)28(38)36-24-8-12-29(2,39)13-9-24/h4-7,16-17,20,24-25,39H,8-15,18-19H2,1-3H3,(H2,34,35)(H,36,38)/t20-,24-,29-,30-/m1/s1. The van der Waals surface area contributed by atoms with Gasteiger partial charge in [-0.3, -0.25) is 9.69 Å². The molecule has 0 bridgehead atoms. The van der Waals surface area contributed by atoms with Crippen LogP contribution in [0.5, 0.6) is 0 Å². The summed E-state index contributed by atoms with van der Waals surface area (Å²) in [6.45, 7) is 8.17. The quantitative estimate of drug-likeness (QED) is 0.463. The third kappa shape index (κ3) is 5.97. The number of nitrogens with two attached hydrogens (primary N) is 1. The number of nitrogens with zero attached hydrogens (tertiary/aromatic N) is 2. The van der Waals surface area contributed by atoms with E-state index in [1.54, 1.807) is 12.3 Å². The van der Waals surface area contributed by atoms with Gasteiger partial charge in [0.15, 0.2) is 0 Å². The summed E-state index contributed by atoms with van der Waals surface area (Å²) in [7, 11) is 0. The second-order valence-corrected chi connectivity index (χ2v) is 12.8. The van der Waals surface area contributed by atoms with Crippen LogP contribution in [0.1, 0.15) is 88.1 Å². The van der Waals surface area contributed by atoms with Gasteiger partial charge in [0.1, 0.15) is 5.82 Å². The molecule has 0 radical (unpaired) electrons. The summed E-state index contributed by atoms with van der Waals surface area (Å²) in [5, 5.41) is 13.3. The smallest absolute Gasteiger partial charge is 0.255 e. The molecule has 1 aromatic carbocycles. The Kier molecular flexibility index (Phi) is 7.48. The first-order valence-electron chi connectivity index (χ1n) is 14.4. The maximum absolute atomic E-state index is 13.7. The summed E-state index contributed by atoms with van der Waals surface area (Å²) in [6, 6.07) is 10.5. The number of halogens is 2. The number of hydrogen-bond acceptors (Lipinski definition) is 5. The number of hydrogen-bond donors (Lipinski definition) is 3. The van der Waals surface area contributed by atoms with E-state index < -0.39 is 11.5 Å². The predicted octanol–water partition coefficient (Wildman–Crippen LogP) is 5.54. The maximum Gasteiger partial charge on any atom is 0.255 e. The lowest BCUT2D eigenvalue weighted by Gasteiger charge is -2.35. The minimum Gasteiger partial charge on any atom is -0.390 e. The van der Waals surface area contributed by atoms with Crippen molar-refractivity contribution in [1.29, 1.82) is 0 Å². The molecule has 0 spiro atoms. The van der Waals surface area contributed by atoms with Crippen molar-refractivity contribution in [2.24, 2.45) is 5.92 Å². The monoisotopic (exact) mass is 540 g/mol. The molecule has 3 fully saturated rings. The Morgan fingerprint density at radius 1 is 1.05 bits per heavy atom. The van der Waals surface area contributed by atoms with Gasteiger partial charge in [0, 0.05) is 55.2 Å². The van der Waals surface area contributed by atoms with Crippen LogP contribution in [0.4, 0.5) is 14.6 Å². The van der Waals surface area contributed by atoms with Gasteiger partial charge >= 0.3 is 0 Å². The number of rotatable bonds is 5. The molecule has 212 valence electrons. The number of amides is 1. The lowest BCUT2D eigenvalue weighted by Crippen LogP contribution is -2.42. The zero-order valence-electron chi connectivity index (χ0n) is 23.4. The number of carbonyl (C=O) groups excluding carboxylic acids is 1. The van der Waals surface area contributed by atoms with Gasteiger partial charge in [-0.15, -0.1) is 0 Å². The average Bonchev–Trinajstić information content (AvgIpc) is 3.20. The predicted molar refractivity (Wildman–Crippen MR) is 150 cm³/mol. The Bertz CT molecular complexity index is 1180. The zero-order chi connectivity index (χ0) is 28.0. The zero-order valence-corrected chi connectivity index (χ0v) is 23.4. The van der Waals surface area contributed by atoms with Crippen molar-refractivity contribution in [3.63, 3.8) is 0 Å². The largest absolute Gasteiger partial charge is 0.390 e. The number of aliphatic hydroxyl groups is 1. The lowest BCUT2D eigenvalue weighted by atomic mass is 9.75. The highest BCUT2D eigenvalue weighted by Crippen LogP contribution is 2.43. The Morgan fingerprint density at radius 3 is 2.33 bits per heavy atom. The van der Waals surface area contributed by atoms with E-state index in [2.05, 4.69) is 53.3 Å². The molecule has 2 heterocycles. The van der Waals surface area contributed by atoms with Gasteiger partial charge in [-0.1, -0.05) is 38.1 Å². The number of aromatic nitrogens is 1. The Balaban J connectivity index is 1.27. The van der Waals surface area contributed by atoms with E-state index in [1.807, 2.05) is 6.92 Å². The Morgan fingerprint density at radius 2 is 1.69 bits per heavy atom. The van der Waals surface area contributed by atoms with E-state index in [0.29, 0.717) is 37.2 Å². The SMILES string of the molecule is C[C@@H]1CN(C2CCC(F)(F)CC2)C[C@@]1(C)c1ccc(-c2cnc(N)c(C(=O)N[C@H]3CC[C@](C)(O)CC3)c2)cc1. The van der Waals surface area contributed by atoms with Crippen molar-refractivity contribution >= 4 is 11.7 Å². The van der Waals surface area contributed by atoms with Crippen LogP contribution in [0.25, 0.3) is 11.1 Å². The Hall–Kier alpha value is -2.58. The fourth-order valence-electron chi connectivity index (χ4n) is 6.75. The molecule has 1 aromatic heterocycles. The van der Waals surface area contributed by atoms with Gasteiger partial charge in [0.2, 0.25) is 5.92 Å². The fourth-order valence-corrected chi connectivity index (χ4v) is 6.75. The summed E-state index contributed by atoms with van der Waals surface area (Å²) < 4.78 is 27.4. The molecule has 1 aliphatic heterocycles. The van der Waals surface area contributed by atoms with Gasteiger partial charge < -0.3 is 16.2 Å². The van der Waals surface area contributed by atoms with Crippen LogP contribution in [-0.4, -0.2) is 57.6 Å². The van der Waals surface area contributed by atoms with Crippen LogP contribution in [-0.2, 0) is 5.41 Å². The minimum absolute atomic E-state index is 0.00759. The fraction of sp³-hybridized carbons (Fsp3) is 0.613. The number of carbonyl (C=O) groups is 1. The summed E-state index contributed by atoms with van der Waals surface area (Å²) in [5.41, 5.74) is 8.73. The summed E-state index contributed by atoms with van der Waals surface area (Å²) in [4.78, 5) is 19.8. The molecule has 39 heavy (non-hydrogen) atoms. The average molecular weight is 541 g/mol. The summed E-state index contributed by atoms with van der Waals surface area (Å²) >= 11 is 0. The lowest BCUT2D eigenvalue weighted by molar-refractivity contribution is -0.0520. The van der Waals surface area contributed by atoms with E-state index in [1.165, 1.54) is 5.56 Å². The first-order valence-corrected chi connectivity index (χ1v) is 14.4.